The van der Waals surface area contributed by atoms with Crippen LogP contribution >= 0.6 is 0 Å². The second kappa shape index (κ2) is 8.21. The van der Waals surface area contributed by atoms with E-state index in [0.717, 1.165) is 30.5 Å². The fourth-order valence-electron chi connectivity index (χ4n) is 3.12. The number of rotatable bonds is 5. The highest BCUT2D eigenvalue weighted by atomic mass is 16.5. The highest BCUT2D eigenvalue weighted by molar-refractivity contribution is 5.88. The summed E-state index contributed by atoms with van der Waals surface area (Å²) in [6, 6.07) is 3.82. The molecule has 5 nitrogen and oxygen atoms in total. The monoisotopic (exact) mass is 354 g/mol. The number of pyridine rings is 1. The molecule has 1 atom stereocenters. The first kappa shape index (κ1) is 18.2. The normalized spacial score (nSPS) is 21.8. The second-order valence-electron chi connectivity index (χ2n) is 6.81. The molecule has 138 valence electrons. The van der Waals surface area contributed by atoms with Crippen LogP contribution in [0.25, 0.3) is 0 Å². The average Bonchev–Trinajstić information content (AvgIpc) is 3.43. The van der Waals surface area contributed by atoms with Crippen molar-refractivity contribution in [3.8, 4) is 0 Å². The summed E-state index contributed by atoms with van der Waals surface area (Å²) in [4.78, 5) is 24.8. The molecule has 0 amide bonds. The number of nitrogens with zero attached hydrogens (tertiary/aromatic N) is 1. The molecule has 1 saturated carbocycles. The average molecular weight is 354 g/mol. The van der Waals surface area contributed by atoms with Crippen molar-refractivity contribution in [3.05, 3.63) is 70.3 Å². The van der Waals surface area contributed by atoms with Crippen LogP contribution in [-0.2, 0) is 4.74 Å². The van der Waals surface area contributed by atoms with Crippen molar-refractivity contribution in [2.24, 2.45) is 0 Å². The van der Waals surface area contributed by atoms with Gasteiger partial charge in [-0.15, -0.1) is 0 Å². The van der Waals surface area contributed by atoms with E-state index in [2.05, 4.69) is 24.0 Å². The van der Waals surface area contributed by atoms with E-state index in [1.807, 2.05) is 6.08 Å². The summed E-state index contributed by atoms with van der Waals surface area (Å²) in [5.74, 6) is -0.563. The van der Waals surface area contributed by atoms with Crippen molar-refractivity contribution in [3.63, 3.8) is 0 Å². The number of carbonyl (C=O) groups excluding carboxylic acids is 1. The van der Waals surface area contributed by atoms with E-state index in [0.29, 0.717) is 6.04 Å². The van der Waals surface area contributed by atoms with Crippen molar-refractivity contribution >= 4 is 5.97 Å². The Hall–Kier alpha value is -2.56. The molecular formula is C21H26N2O3. The summed E-state index contributed by atoms with van der Waals surface area (Å²) in [6.07, 6.45) is 12.7. The van der Waals surface area contributed by atoms with Gasteiger partial charge < -0.3 is 14.6 Å². The minimum atomic E-state index is -0.563. The van der Waals surface area contributed by atoms with Gasteiger partial charge in [-0.05, 0) is 62.8 Å². The number of esters is 1. The van der Waals surface area contributed by atoms with Gasteiger partial charge in [0.1, 0.15) is 5.56 Å². The summed E-state index contributed by atoms with van der Waals surface area (Å²) in [5, 5.41) is 3.52. The van der Waals surface area contributed by atoms with Crippen LogP contribution < -0.4 is 10.9 Å². The van der Waals surface area contributed by atoms with Crippen molar-refractivity contribution in [2.75, 3.05) is 6.61 Å². The maximum absolute atomic E-state index is 12.8. The molecule has 0 spiro atoms. The van der Waals surface area contributed by atoms with Gasteiger partial charge in [-0.2, -0.15) is 0 Å². The van der Waals surface area contributed by atoms with E-state index in [1.54, 1.807) is 23.8 Å². The number of ether oxygens (including phenoxy) is 1. The van der Waals surface area contributed by atoms with Crippen molar-refractivity contribution in [1.29, 1.82) is 0 Å². The first-order valence-electron chi connectivity index (χ1n) is 9.30. The van der Waals surface area contributed by atoms with Gasteiger partial charge in [-0.3, -0.25) is 4.79 Å². The third kappa shape index (κ3) is 4.34. The van der Waals surface area contributed by atoms with Gasteiger partial charge in [-0.25, -0.2) is 4.79 Å². The SMILES string of the molecule is C=C1CCC(n2cccc(C(=O)OCC)c2=O)C/C=C\C=C1NC1CC1. The van der Waals surface area contributed by atoms with E-state index in [4.69, 9.17) is 4.74 Å². The molecule has 26 heavy (non-hydrogen) atoms. The molecule has 5 heteroatoms. The Bertz CT molecular complexity index is 800. The summed E-state index contributed by atoms with van der Waals surface area (Å²) in [5.41, 5.74) is 1.95. The number of carbonyl (C=O) groups is 1. The highest BCUT2D eigenvalue weighted by Gasteiger charge is 2.23. The third-order valence-corrected chi connectivity index (χ3v) is 4.77. The molecule has 0 aliphatic heterocycles. The number of allylic oxidation sites excluding steroid dienone is 4. The van der Waals surface area contributed by atoms with E-state index < -0.39 is 5.97 Å². The predicted octanol–water partition coefficient (Wildman–Crippen LogP) is 3.50. The van der Waals surface area contributed by atoms with Crippen LogP contribution in [0, 0.1) is 0 Å². The lowest BCUT2D eigenvalue weighted by molar-refractivity contribution is 0.0523. The van der Waals surface area contributed by atoms with Gasteiger partial charge in [0.05, 0.1) is 6.61 Å². The van der Waals surface area contributed by atoms with Crippen LogP contribution in [0.5, 0.6) is 0 Å². The Kier molecular flexibility index (Phi) is 5.76. The molecule has 2 aliphatic rings. The highest BCUT2D eigenvalue weighted by Crippen LogP contribution is 2.27. The van der Waals surface area contributed by atoms with Crippen LogP contribution in [-0.4, -0.2) is 23.2 Å². The number of hydrogen-bond donors (Lipinski definition) is 1. The molecule has 0 bridgehead atoms. The zero-order chi connectivity index (χ0) is 18.5. The first-order chi connectivity index (χ1) is 12.6. The number of aromatic nitrogens is 1. The molecule has 0 radical (unpaired) electrons. The van der Waals surface area contributed by atoms with Crippen molar-refractivity contribution in [1.82, 2.24) is 9.88 Å². The minimum Gasteiger partial charge on any atom is -0.462 e. The lowest BCUT2D eigenvalue weighted by Crippen LogP contribution is -2.29. The summed E-state index contributed by atoms with van der Waals surface area (Å²) in [7, 11) is 0. The van der Waals surface area contributed by atoms with E-state index in [-0.39, 0.29) is 23.8 Å². The van der Waals surface area contributed by atoms with Gasteiger partial charge in [0, 0.05) is 24.0 Å². The van der Waals surface area contributed by atoms with Crippen molar-refractivity contribution in [2.45, 2.75) is 51.1 Å². The van der Waals surface area contributed by atoms with Gasteiger partial charge >= 0.3 is 5.97 Å². The molecule has 0 aromatic carbocycles. The van der Waals surface area contributed by atoms with Gasteiger partial charge in [0.2, 0.25) is 0 Å². The smallest absolute Gasteiger partial charge is 0.343 e. The molecule has 1 aromatic heterocycles. The van der Waals surface area contributed by atoms with E-state index in [9.17, 15) is 9.59 Å². The van der Waals surface area contributed by atoms with Gasteiger partial charge in [0.25, 0.3) is 5.56 Å². The van der Waals surface area contributed by atoms with Crippen LogP contribution in [0.15, 0.2) is 59.2 Å². The largest absolute Gasteiger partial charge is 0.462 e. The lowest BCUT2D eigenvalue weighted by Gasteiger charge is -2.20. The molecule has 2 aliphatic carbocycles. The summed E-state index contributed by atoms with van der Waals surface area (Å²) < 4.78 is 6.65. The Balaban J connectivity index is 1.78. The van der Waals surface area contributed by atoms with Gasteiger partial charge in [-0.1, -0.05) is 18.7 Å². The predicted molar refractivity (Wildman–Crippen MR) is 102 cm³/mol. The molecule has 1 N–H and O–H groups in total. The zero-order valence-corrected chi connectivity index (χ0v) is 15.2. The van der Waals surface area contributed by atoms with Crippen LogP contribution in [0.3, 0.4) is 0 Å². The third-order valence-electron chi connectivity index (χ3n) is 4.77. The fourth-order valence-corrected chi connectivity index (χ4v) is 3.12. The van der Waals surface area contributed by atoms with Crippen LogP contribution in [0.2, 0.25) is 0 Å². The molecule has 0 saturated heterocycles. The van der Waals surface area contributed by atoms with Gasteiger partial charge in [0.15, 0.2) is 0 Å². The summed E-state index contributed by atoms with van der Waals surface area (Å²) >= 11 is 0. The lowest BCUT2D eigenvalue weighted by atomic mass is 10.0. The molecular weight excluding hydrogens is 328 g/mol. The first-order valence-corrected chi connectivity index (χ1v) is 9.30. The van der Waals surface area contributed by atoms with Crippen LogP contribution in [0.4, 0.5) is 0 Å². The Morgan fingerprint density at radius 3 is 2.92 bits per heavy atom. The molecule has 1 aromatic rings. The fraction of sp³-hybridized carbons (Fsp3) is 0.429. The number of nitrogens with one attached hydrogen (secondary N) is 1. The maximum Gasteiger partial charge on any atom is 0.343 e. The Morgan fingerprint density at radius 2 is 2.19 bits per heavy atom. The topological polar surface area (TPSA) is 60.3 Å². The van der Waals surface area contributed by atoms with E-state index >= 15 is 0 Å². The molecule has 1 unspecified atom stereocenters. The Morgan fingerprint density at radius 1 is 1.38 bits per heavy atom. The maximum atomic E-state index is 12.8. The molecule has 1 heterocycles. The quantitative estimate of drug-likeness (QED) is 0.822. The summed E-state index contributed by atoms with van der Waals surface area (Å²) in [6.45, 7) is 6.20. The molecule has 3 rings (SSSR count). The van der Waals surface area contributed by atoms with Crippen LogP contribution in [0.1, 0.15) is 55.4 Å². The van der Waals surface area contributed by atoms with Crippen molar-refractivity contribution < 1.29 is 9.53 Å². The molecule has 1 fully saturated rings. The standard InChI is InChI=1S/C21H26N2O3/c1-3-26-21(25)18-8-6-14-23(20(18)24)17-7-4-5-9-19(15(2)10-13-17)22-16-11-12-16/h4-6,8-9,14,16-17,22H,2-3,7,10-13H2,1H3/b5-4-,19-9?. The minimum absolute atomic E-state index is 0.0152. The second-order valence-corrected chi connectivity index (χ2v) is 6.81. The zero-order valence-electron chi connectivity index (χ0n) is 15.2. The Labute approximate surface area is 154 Å². The number of hydrogen-bond acceptors (Lipinski definition) is 4. The van der Waals surface area contributed by atoms with E-state index in [1.165, 1.54) is 18.9 Å².